The van der Waals surface area contributed by atoms with E-state index in [4.69, 9.17) is 9.26 Å². The summed E-state index contributed by atoms with van der Waals surface area (Å²) in [5.74, 6) is 2.18. The highest BCUT2D eigenvalue weighted by molar-refractivity contribution is 5.94. The van der Waals surface area contributed by atoms with Gasteiger partial charge < -0.3 is 14.2 Å². The number of rotatable bonds is 7. The molecule has 0 aromatic carbocycles. The second-order valence-electron chi connectivity index (χ2n) is 6.47. The molecule has 0 bridgehead atoms. The Bertz CT molecular complexity index is 693. The van der Waals surface area contributed by atoms with E-state index in [2.05, 4.69) is 15.1 Å². The summed E-state index contributed by atoms with van der Waals surface area (Å²) in [5, 5.41) is 4.00. The number of nitrogens with zero attached hydrogens (tertiary/aromatic N) is 4. The van der Waals surface area contributed by atoms with Crippen molar-refractivity contribution in [2.45, 2.75) is 25.2 Å². The number of hydrogen-bond acceptors (Lipinski definition) is 6. The maximum absolute atomic E-state index is 12.2. The van der Waals surface area contributed by atoms with Gasteiger partial charge in [0.05, 0.1) is 18.1 Å². The molecule has 2 aromatic heterocycles. The van der Waals surface area contributed by atoms with Crippen molar-refractivity contribution in [2.75, 3.05) is 26.3 Å². The largest absolute Gasteiger partial charge is 0.381 e. The smallest absolute Gasteiger partial charge is 0.255 e. The Balaban J connectivity index is 1.24. The summed E-state index contributed by atoms with van der Waals surface area (Å²) in [6.45, 7) is 2.69. The van der Waals surface area contributed by atoms with Gasteiger partial charge in [0.25, 0.3) is 5.91 Å². The zero-order valence-electron chi connectivity index (χ0n) is 13.4. The van der Waals surface area contributed by atoms with Crippen LogP contribution in [0, 0.1) is 5.92 Å². The third-order valence-electron chi connectivity index (χ3n) is 4.43. The molecule has 0 N–H and O–H groups in total. The summed E-state index contributed by atoms with van der Waals surface area (Å²) < 4.78 is 10.9. The molecule has 0 radical (unpaired) electrons. The summed E-state index contributed by atoms with van der Waals surface area (Å²) in [6.07, 6.45) is 6.50. The minimum atomic E-state index is -0.00688. The van der Waals surface area contributed by atoms with Gasteiger partial charge in [-0.1, -0.05) is 5.16 Å². The molecule has 3 heterocycles. The maximum atomic E-state index is 12.2. The summed E-state index contributed by atoms with van der Waals surface area (Å²) in [4.78, 5) is 22.4. The second kappa shape index (κ2) is 6.68. The average molecular weight is 328 g/mol. The van der Waals surface area contributed by atoms with Gasteiger partial charge in [-0.2, -0.15) is 4.98 Å². The number of aromatic nitrogens is 3. The second-order valence-corrected chi connectivity index (χ2v) is 6.47. The van der Waals surface area contributed by atoms with E-state index in [1.807, 2.05) is 0 Å². The third kappa shape index (κ3) is 3.46. The van der Waals surface area contributed by atoms with E-state index < -0.39 is 0 Å². The van der Waals surface area contributed by atoms with Crippen molar-refractivity contribution < 1.29 is 14.1 Å². The van der Waals surface area contributed by atoms with Crippen LogP contribution in [0.5, 0.6) is 0 Å². The van der Waals surface area contributed by atoms with E-state index in [1.54, 1.807) is 29.4 Å². The van der Waals surface area contributed by atoms with Gasteiger partial charge in [0.1, 0.15) is 0 Å². The van der Waals surface area contributed by atoms with Crippen LogP contribution in [0.2, 0.25) is 0 Å². The first kappa shape index (κ1) is 15.3. The molecule has 2 aromatic rings. The zero-order chi connectivity index (χ0) is 16.4. The summed E-state index contributed by atoms with van der Waals surface area (Å²) in [6, 6.07) is 3.54. The first-order valence-electron chi connectivity index (χ1n) is 8.39. The van der Waals surface area contributed by atoms with Crippen LogP contribution >= 0.6 is 0 Å². The van der Waals surface area contributed by atoms with Gasteiger partial charge in [-0.25, -0.2) is 0 Å². The number of amides is 1. The zero-order valence-corrected chi connectivity index (χ0v) is 13.4. The Morgan fingerprint density at radius 2 is 2.25 bits per heavy atom. The van der Waals surface area contributed by atoms with Crippen molar-refractivity contribution in [3.05, 3.63) is 41.8 Å². The van der Waals surface area contributed by atoms with Crippen molar-refractivity contribution in [1.82, 2.24) is 20.0 Å². The van der Waals surface area contributed by atoms with E-state index >= 15 is 0 Å². The van der Waals surface area contributed by atoms with Crippen molar-refractivity contribution in [2.24, 2.45) is 5.92 Å². The van der Waals surface area contributed by atoms with Crippen molar-refractivity contribution in [3.8, 4) is 0 Å². The van der Waals surface area contributed by atoms with E-state index in [9.17, 15) is 4.79 Å². The molecule has 4 rings (SSSR count). The molecule has 7 nitrogen and oxygen atoms in total. The molecule has 0 spiro atoms. The molecule has 1 saturated heterocycles. The van der Waals surface area contributed by atoms with Crippen LogP contribution in [0.1, 0.15) is 40.8 Å². The van der Waals surface area contributed by atoms with Crippen LogP contribution in [-0.4, -0.2) is 52.2 Å². The third-order valence-corrected chi connectivity index (χ3v) is 4.43. The predicted molar refractivity (Wildman–Crippen MR) is 84.4 cm³/mol. The lowest BCUT2D eigenvalue weighted by Crippen LogP contribution is -2.48. The van der Waals surface area contributed by atoms with E-state index in [1.165, 1.54) is 12.8 Å². The standard InChI is InChI=1S/C17H20N4O3/c22-17(13-2-1-6-18-8-13)21-9-14(10-21)16-19-15(20-24-16)5-7-23-11-12-3-4-12/h1-2,6,8,12,14H,3-5,7,9-11H2. The monoisotopic (exact) mass is 328 g/mol. The molecule has 2 fully saturated rings. The highest BCUT2D eigenvalue weighted by Gasteiger charge is 2.36. The molecular weight excluding hydrogens is 308 g/mol. The lowest BCUT2D eigenvalue weighted by Gasteiger charge is -2.37. The number of pyridine rings is 1. The molecule has 126 valence electrons. The normalized spacial score (nSPS) is 17.8. The fourth-order valence-electron chi connectivity index (χ4n) is 2.71. The minimum absolute atomic E-state index is 0.00688. The number of hydrogen-bond donors (Lipinski definition) is 0. The first-order chi connectivity index (χ1) is 11.8. The van der Waals surface area contributed by atoms with Crippen LogP contribution in [0.25, 0.3) is 0 Å². The van der Waals surface area contributed by atoms with E-state index in [0.29, 0.717) is 43.4 Å². The molecule has 7 heteroatoms. The van der Waals surface area contributed by atoms with Gasteiger partial charge >= 0.3 is 0 Å². The molecule has 0 unspecified atom stereocenters. The van der Waals surface area contributed by atoms with Crippen LogP contribution < -0.4 is 0 Å². The van der Waals surface area contributed by atoms with Crippen LogP contribution in [0.4, 0.5) is 0 Å². The highest BCUT2D eigenvalue weighted by atomic mass is 16.5. The van der Waals surface area contributed by atoms with Crippen molar-refractivity contribution in [3.63, 3.8) is 0 Å². The Morgan fingerprint density at radius 3 is 3.00 bits per heavy atom. The van der Waals surface area contributed by atoms with Crippen molar-refractivity contribution in [1.29, 1.82) is 0 Å². The molecule has 1 aliphatic heterocycles. The molecule has 2 aliphatic rings. The number of carbonyl (C=O) groups excluding carboxylic acids is 1. The van der Waals surface area contributed by atoms with Crippen LogP contribution in [-0.2, 0) is 11.2 Å². The van der Waals surface area contributed by atoms with E-state index in [0.717, 1.165) is 12.5 Å². The van der Waals surface area contributed by atoms with Gasteiger partial charge in [-0.3, -0.25) is 9.78 Å². The minimum Gasteiger partial charge on any atom is -0.381 e. The Kier molecular flexibility index (Phi) is 4.25. The van der Waals surface area contributed by atoms with Crippen molar-refractivity contribution >= 4 is 5.91 Å². The molecular formula is C17H20N4O3. The summed E-state index contributed by atoms with van der Waals surface area (Å²) >= 11 is 0. The van der Waals surface area contributed by atoms with Gasteiger partial charge in [-0.15, -0.1) is 0 Å². The molecule has 24 heavy (non-hydrogen) atoms. The van der Waals surface area contributed by atoms with E-state index in [-0.39, 0.29) is 11.8 Å². The topological polar surface area (TPSA) is 81.4 Å². The fourth-order valence-corrected chi connectivity index (χ4v) is 2.71. The summed E-state index contributed by atoms with van der Waals surface area (Å²) in [7, 11) is 0. The molecule has 1 saturated carbocycles. The van der Waals surface area contributed by atoms with Crippen LogP contribution in [0.15, 0.2) is 29.0 Å². The van der Waals surface area contributed by atoms with Gasteiger partial charge in [0.15, 0.2) is 5.82 Å². The molecule has 1 amide bonds. The Labute approximate surface area is 140 Å². The first-order valence-corrected chi connectivity index (χ1v) is 8.39. The lowest BCUT2D eigenvalue weighted by molar-refractivity contribution is 0.0568. The summed E-state index contributed by atoms with van der Waals surface area (Å²) in [5.41, 5.74) is 0.606. The van der Waals surface area contributed by atoms with Crippen LogP contribution in [0.3, 0.4) is 0 Å². The quantitative estimate of drug-likeness (QED) is 0.719. The SMILES string of the molecule is O=C(c1cccnc1)N1CC(c2nc(CCOCC3CC3)no2)C1. The molecule has 1 aliphatic carbocycles. The molecule has 0 atom stereocenters. The number of ether oxygens (including phenoxy) is 1. The highest BCUT2D eigenvalue weighted by Crippen LogP contribution is 2.29. The van der Waals surface area contributed by atoms with Gasteiger partial charge in [0.2, 0.25) is 5.89 Å². The fraction of sp³-hybridized carbons (Fsp3) is 0.529. The lowest BCUT2D eigenvalue weighted by atomic mass is 9.99. The van der Waals surface area contributed by atoms with Gasteiger partial charge in [-0.05, 0) is 30.9 Å². The number of carbonyl (C=O) groups is 1. The average Bonchev–Trinajstić information content (AvgIpc) is 3.29. The Hall–Kier alpha value is -2.28. The van der Waals surface area contributed by atoms with Gasteiger partial charge in [0, 0.05) is 38.5 Å². The maximum Gasteiger partial charge on any atom is 0.255 e. The number of likely N-dealkylation sites (tertiary alicyclic amines) is 1. The predicted octanol–water partition coefficient (Wildman–Crippen LogP) is 1.67. The Morgan fingerprint density at radius 1 is 1.38 bits per heavy atom.